The Balaban J connectivity index is 1.50. The molecule has 0 unspecified atom stereocenters. The van der Waals surface area contributed by atoms with Crippen molar-refractivity contribution in [1.29, 1.82) is 0 Å². The third-order valence-electron chi connectivity index (χ3n) is 5.70. The molecule has 32 heavy (non-hydrogen) atoms. The molecule has 9 heteroatoms. The molecule has 0 radical (unpaired) electrons. The monoisotopic (exact) mass is 454 g/mol. The van der Waals surface area contributed by atoms with Crippen LogP contribution in [0.5, 0.6) is 0 Å². The smallest absolute Gasteiger partial charge is 0.323 e. The number of ketones is 1. The highest BCUT2D eigenvalue weighted by atomic mass is 35.5. The highest BCUT2D eigenvalue weighted by molar-refractivity contribution is 6.30. The van der Waals surface area contributed by atoms with Gasteiger partial charge < -0.3 is 21.1 Å². The Morgan fingerprint density at radius 3 is 2.69 bits per heavy atom. The summed E-state index contributed by atoms with van der Waals surface area (Å²) in [5.74, 6) is -0.218. The maximum Gasteiger partial charge on any atom is 0.323 e. The zero-order valence-electron chi connectivity index (χ0n) is 17.2. The quantitative estimate of drug-likeness (QED) is 0.547. The van der Waals surface area contributed by atoms with Crippen LogP contribution in [-0.2, 0) is 11.2 Å². The van der Waals surface area contributed by atoms with Crippen LogP contribution < -0.4 is 11.1 Å². The number of nitrogens with two attached hydrogens (primary N) is 1. The first-order chi connectivity index (χ1) is 15.3. The molecular weight excluding hydrogens is 432 g/mol. The standard InChI is InChI=1S/C23H23ClN4O4/c24-15-5-3-4-14(12-15)8-9-19(29)21-20(30)10-11-27(21)23(32)26-17-13-28(22(25)31)18-7-2-1-6-16(17)18/h1-7,12-13,20-21,30H,8-11H2,(H2,25,31)(H,26,32)/t20-,21-/m1/s1. The number of nitrogens with zero attached hydrogens (tertiary/aromatic N) is 2. The number of anilines is 1. The topological polar surface area (TPSA) is 118 Å². The highest BCUT2D eigenvalue weighted by Gasteiger charge is 2.40. The van der Waals surface area contributed by atoms with Crippen LogP contribution in [0.4, 0.5) is 15.3 Å². The second-order valence-corrected chi connectivity index (χ2v) is 8.23. The number of amides is 3. The highest BCUT2D eigenvalue weighted by Crippen LogP contribution is 2.28. The predicted octanol–water partition coefficient (Wildman–Crippen LogP) is 3.39. The number of nitrogens with one attached hydrogen (secondary N) is 1. The Morgan fingerprint density at radius 1 is 1.16 bits per heavy atom. The van der Waals surface area contributed by atoms with Gasteiger partial charge in [0, 0.05) is 29.6 Å². The number of hydrogen-bond acceptors (Lipinski definition) is 4. The Hall–Kier alpha value is -3.36. The molecule has 4 N–H and O–H groups in total. The average Bonchev–Trinajstić information content (AvgIpc) is 3.33. The van der Waals surface area contributed by atoms with Crippen LogP contribution in [-0.4, -0.2) is 51.1 Å². The van der Waals surface area contributed by atoms with Gasteiger partial charge >= 0.3 is 12.1 Å². The zero-order valence-corrected chi connectivity index (χ0v) is 18.0. The first-order valence-electron chi connectivity index (χ1n) is 10.3. The van der Waals surface area contributed by atoms with Gasteiger partial charge in [-0.2, -0.15) is 0 Å². The number of para-hydroxylation sites is 1. The number of aliphatic hydroxyl groups is 1. The molecule has 0 bridgehead atoms. The van der Waals surface area contributed by atoms with Crippen molar-refractivity contribution in [3.8, 4) is 0 Å². The fourth-order valence-electron chi connectivity index (χ4n) is 4.15. The van der Waals surface area contributed by atoms with Crippen LogP contribution in [0.3, 0.4) is 0 Å². The van der Waals surface area contributed by atoms with Crippen molar-refractivity contribution >= 4 is 46.0 Å². The summed E-state index contributed by atoms with van der Waals surface area (Å²) in [6, 6.07) is 12.1. The van der Waals surface area contributed by atoms with Gasteiger partial charge in [-0.15, -0.1) is 0 Å². The zero-order chi connectivity index (χ0) is 22.8. The van der Waals surface area contributed by atoms with Crippen molar-refractivity contribution in [1.82, 2.24) is 9.47 Å². The normalized spacial score (nSPS) is 18.1. The molecule has 0 aliphatic carbocycles. The molecule has 1 saturated heterocycles. The van der Waals surface area contributed by atoms with Gasteiger partial charge in [0.2, 0.25) is 0 Å². The molecule has 1 aliphatic rings. The number of benzene rings is 2. The first kappa shape index (κ1) is 21.9. The van der Waals surface area contributed by atoms with Crippen molar-refractivity contribution in [3.63, 3.8) is 0 Å². The van der Waals surface area contributed by atoms with E-state index in [1.54, 1.807) is 36.4 Å². The average molecular weight is 455 g/mol. The van der Waals surface area contributed by atoms with Gasteiger partial charge in [0.25, 0.3) is 0 Å². The minimum Gasteiger partial charge on any atom is -0.390 e. The van der Waals surface area contributed by atoms with Gasteiger partial charge in [0.05, 0.1) is 17.3 Å². The van der Waals surface area contributed by atoms with Crippen molar-refractivity contribution < 1.29 is 19.5 Å². The largest absolute Gasteiger partial charge is 0.390 e. The summed E-state index contributed by atoms with van der Waals surface area (Å²) in [5.41, 5.74) is 7.30. The van der Waals surface area contributed by atoms with Gasteiger partial charge in [-0.05, 0) is 36.6 Å². The number of halogens is 1. The molecule has 3 aromatic rings. The van der Waals surface area contributed by atoms with E-state index in [4.69, 9.17) is 17.3 Å². The van der Waals surface area contributed by atoms with E-state index >= 15 is 0 Å². The number of Topliss-reactive ketones (excluding diaryl/α,β-unsaturated/α-hetero) is 1. The van der Waals surface area contributed by atoms with Gasteiger partial charge in [0.15, 0.2) is 5.78 Å². The maximum absolute atomic E-state index is 13.0. The first-order valence-corrected chi connectivity index (χ1v) is 10.7. The summed E-state index contributed by atoms with van der Waals surface area (Å²) in [4.78, 5) is 39.0. The minimum absolute atomic E-state index is 0.173. The maximum atomic E-state index is 13.0. The predicted molar refractivity (Wildman–Crippen MR) is 122 cm³/mol. The summed E-state index contributed by atoms with van der Waals surface area (Å²) in [6.07, 6.45) is 1.47. The number of rotatable bonds is 5. The van der Waals surface area contributed by atoms with Crippen molar-refractivity contribution in [2.45, 2.75) is 31.4 Å². The Labute approximate surface area is 189 Å². The van der Waals surface area contributed by atoms with E-state index in [1.807, 2.05) is 12.1 Å². The minimum atomic E-state index is -0.932. The molecular formula is C23H23ClN4O4. The summed E-state index contributed by atoms with van der Waals surface area (Å²) < 4.78 is 1.25. The molecule has 0 saturated carbocycles. The third-order valence-corrected chi connectivity index (χ3v) is 5.93. The van der Waals surface area contributed by atoms with Crippen LogP contribution >= 0.6 is 11.6 Å². The lowest BCUT2D eigenvalue weighted by Crippen LogP contribution is -2.47. The summed E-state index contributed by atoms with van der Waals surface area (Å²) in [6.45, 7) is 0.245. The molecule has 166 valence electrons. The van der Waals surface area contributed by atoms with E-state index in [-0.39, 0.29) is 18.7 Å². The number of aromatic nitrogens is 1. The number of hydrogen-bond donors (Lipinski definition) is 3. The second kappa shape index (κ2) is 9.02. The van der Waals surface area contributed by atoms with E-state index in [2.05, 4.69) is 5.32 Å². The molecule has 2 aromatic carbocycles. The number of urea groups is 1. The van der Waals surface area contributed by atoms with Crippen LogP contribution in [0.1, 0.15) is 18.4 Å². The lowest BCUT2D eigenvalue weighted by atomic mass is 10.0. The van der Waals surface area contributed by atoms with Crippen LogP contribution in [0, 0.1) is 0 Å². The number of aliphatic hydroxyl groups excluding tert-OH is 1. The number of aryl methyl sites for hydroxylation is 1. The van der Waals surface area contributed by atoms with Crippen LogP contribution in [0.2, 0.25) is 5.02 Å². The molecule has 8 nitrogen and oxygen atoms in total. The molecule has 2 atom stereocenters. The lowest BCUT2D eigenvalue weighted by molar-refractivity contribution is -0.124. The van der Waals surface area contributed by atoms with Crippen LogP contribution in [0.15, 0.2) is 54.7 Å². The number of primary amides is 1. The second-order valence-electron chi connectivity index (χ2n) is 7.79. The van der Waals surface area contributed by atoms with Crippen molar-refractivity contribution in [2.75, 3.05) is 11.9 Å². The number of fused-ring (bicyclic) bond motifs is 1. The number of carbonyl (C=O) groups is 3. The Morgan fingerprint density at radius 2 is 1.94 bits per heavy atom. The summed E-state index contributed by atoms with van der Waals surface area (Å²) in [5, 5.41) is 14.4. The van der Waals surface area contributed by atoms with E-state index in [0.29, 0.717) is 34.5 Å². The molecule has 1 aliphatic heterocycles. The summed E-state index contributed by atoms with van der Waals surface area (Å²) >= 11 is 6.00. The number of carbonyl (C=O) groups excluding carboxylic acids is 3. The molecule has 1 aromatic heterocycles. The molecule has 4 rings (SSSR count). The van der Waals surface area contributed by atoms with Crippen LogP contribution in [0.25, 0.3) is 10.9 Å². The Bertz CT molecular complexity index is 1190. The van der Waals surface area contributed by atoms with Gasteiger partial charge in [-0.25, -0.2) is 9.59 Å². The SMILES string of the molecule is NC(=O)n1cc(NC(=O)N2CC[C@@H](O)[C@H]2C(=O)CCc2cccc(Cl)c2)c2ccccc21. The fraction of sp³-hybridized carbons (Fsp3) is 0.261. The molecule has 0 spiro atoms. The molecule has 2 heterocycles. The summed E-state index contributed by atoms with van der Waals surface area (Å²) in [7, 11) is 0. The van der Waals surface area contributed by atoms with Gasteiger partial charge in [-0.1, -0.05) is 41.9 Å². The van der Waals surface area contributed by atoms with Gasteiger partial charge in [-0.3, -0.25) is 9.36 Å². The van der Waals surface area contributed by atoms with Crippen molar-refractivity contribution in [2.24, 2.45) is 5.73 Å². The molecule has 3 amide bonds. The third kappa shape index (κ3) is 4.32. The van der Waals surface area contributed by atoms with E-state index in [1.165, 1.54) is 15.7 Å². The molecule has 1 fully saturated rings. The van der Waals surface area contributed by atoms with Gasteiger partial charge in [0.1, 0.15) is 6.04 Å². The number of likely N-dealkylation sites (tertiary alicyclic amines) is 1. The van der Waals surface area contributed by atoms with E-state index in [0.717, 1.165) is 5.56 Å². The lowest BCUT2D eigenvalue weighted by Gasteiger charge is -2.25. The van der Waals surface area contributed by atoms with Crippen molar-refractivity contribution in [3.05, 3.63) is 65.3 Å². The fourth-order valence-corrected chi connectivity index (χ4v) is 4.36. The van der Waals surface area contributed by atoms with E-state index < -0.39 is 24.2 Å². The van der Waals surface area contributed by atoms with E-state index in [9.17, 15) is 19.5 Å². The Kier molecular flexibility index (Phi) is 6.16.